The number of pyridine rings is 1. The summed E-state index contributed by atoms with van der Waals surface area (Å²) in [6.07, 6.45) is -6.21. The van der Waals surface area contributed by atoms with E-state index < -0.39 is 28.0 Å². The van der Waals surface area contributed by atoms with Crippen molar-refractivity contribution in [2.24, 2.45) is 0 Å². The van der Waals surface area contributed by atoms with Gasteiger partial charge in [0, 0.05) is 17.0 Å². The molecule has 3 aromatic heterocycles. The highest BCUT2D eigenvalue weighted by atomic mass is 32.2. The molecule has 0 aliphatic heterocycles. The zero-order chi connectivity index (χ0) is 26.5. The van der Waals surface area contributed by atoms with Gasteiger partial charge in [-0.2, -0.15) is 13.2 Å². The Bertz CT molecular complexity index is 1560. The van der Waals surface area contributed by atoms with E-state index in [2.05, 4.69) is 9.72 Å². The highest BCUT2D eigenvalue weighted by Gasteiger charge is 2.34. The van der Waals surface area contributed by atoms with Crippen molar-refractivity contribution in [2.75, 3.05) is 0 Å². The molecule has 3 heterocycles. The van der Waals surface area contributed by atoms with Crippen LogP contribution in [0.1, 0.15) is 42.6 Å². The van der Waals surface area contributed by atoms with Crippen LogP contribution in [0.2, 0.25) is 0 Å². The van der Waals surface area contributed by atoms with Gasteiger partial charge in [0.05, 0.1) is 15.9 Å². The third-order valence-corrected chi connectivity index (χ3v) is 8.12. The summed E-state index contributed by atoms with van der Waals surface area (Å²) in [5.74, 6) is 0. The molecule has 7 nitrogen and oxygen atoms in total. The van der Waals surface area contributed by atoms with E-state index in [1.807, 2.05) is 20.8 Å². The number of rotatable bonds is 5. The first-order valence-electron chi connectivity index (χ1n) is 10.6. The fraction of sp³-hybridized carbons (Fsp3) is 0.250. The topological polar surface area (TPSA) is 98.5 Å². The quantitative estimate of drug-likeness (QED) is 0.300. The molecule has 0 atom stereocenters. The van der Waals surface area contributed by atoms with E-state index in [9.17, 15) is 26.4 Å². The smallest absolute Gasteiger partial charge is 0.449 e. The number of carboxylic acid groups (broad SMARTS) is 1. The maximum Gasteiger partial charge on any atom is 0.512 e. The number of aromatic nitrogens is 2. The van der Waals surface area contributed by atoms with Gasteiger partial charge in [-0.1, -0.05) is 32.9 Å². The van der Waals surface area contributed by atoms with Gasteiger partial charge in [-0.05, 0) is 53.4 Å². The molecule has 0 radical (unpaired) electrons. The minimum atomic E-state index is -4.70. The number of fused-ring (bicyclic) bond motifs is 1. The van der Waals surface area contributed by atoms with Crippen molar-refractivity contribution in [2.45, 2.75) is 43.7 Å². The summed E-state index contributed by atoms with van der Waals surface area (Å²) in [6.45, 7) is 5.81. The van der Waals surface area contributed by atoms with Crippen LogP contribution < -0.4 is 4.74 Å². The van der Waals surface area contributed by atoms with Crippen LogP contribution in [0, 0.1) is 0 Å². The van der Waals surface area contributed by atoms with Gasteiger partial charge in [0.15, 0.2) is 5.06 Å². The predicted molar refractivity (Wildman–Crippen MR) is 128 cm³/mol. The van der Waals surface area contributed by atoms with E-state index in [1.54, 1.807) is 24.3 Å². The molecule has 0 amide bonds. The van der Waals surface area contributed by atoms with E-state index in [0.29, 0.717) is 4.88 Å². The van der Waals surface area contributed by atoms with E-state index >= 15 is 0 Å². The molecule has 0 fully saturated rings. The Kier molecular flexibility index (Phi) is 6.38. The Balaban J connectivity index is 1.90. The number of thiophene rings is 1. The molecule has 190 valence electrons. The Morgan fingerprint density at radius 2 is 1.81 bits per heavy atom. The van der Waals surface area contributed by atoms with Crippen molar-refractivity contribution >= 4 is 38.5 Å². The summed E-state index contributed by atoms with van der Waals surface area (Å²) >= 11 is 0.983. The average molecular weight is 539 g/mol. The second kappa shape index (κ2) is 8.93. The summed E-state index contributed by atoms with van der Waals surface area (Å²) in [5, 5.41) is 8.89. The Morgan fingerprint density at radius 1 is 1.08 bits per heavy atom. The lowest BCUT2D eigenvalue weighted by Crippen LogP contribution is -2.18. The van der Waals surface area contributed by atoms with Crippen molar-refractivity contribution in [3.63, 3.8) is 0 Å². The first-order chi connectivity index (χ1) is 16.7. The van der Waals surface area contributed by atoms with Gasteiger partial charge in [-0.3, -0.25) is 0 Å². The Hall–Kier alpha value is -3.38. The van der Waals surface area contributed by atoms with Crippen LogP contribution >= 0.6 is 11.3 Å². The molecular formula is C24H21F3N2O5S2. The zero-order valence-electron chi connectivity index (χ0n) is 19.3. The summed E-state index contributed by atoms with van der Waals surface area (Å²) < 4.78 is 73.2. The SMILES string of the molecule is CC(C)(C)c1cccc(S(=O)(=O)n2c(Cc3ccc(OC(=O)O)s3)cc3nc(C(F)(F)F)ccc32)c1. The number of alkyl halides is 3. The van der Waals surface area contributed by atoms with Crippen LogP contribution in [0.15, 0.2) is 59.5 Å². The monoisotopic (exact) mass is 538 g/mol. The lowest BCUT2D eigenvalue weighted by atomic mass is 9.87. The number of halogens is 3. The standard InChI is InChI=1S/C24H21F3N2O5S2/c1-23(2,3)14-5-4-6-17(11-14)36(32,33)29-15(12-16-7-10-21(35-16)34-22(30)31)13-18-19(29)8-9-20(28-18)24(25,26)27/h4-11,13H,12H2,1-3H3,(H,30,31). The second-order valence-electron chi connectivity index (χ2n) is 9.05. The third-order valence-electron chi connectivity index (χ3n) is 5.39. The highest BCUT2D eigenvalue weighted by Crippen LogP contribution is 2.34. The van der Waals surface area contributed by atoms with E-state index in [-0.39, 0.29) is 38.5 Å². The summed E-state index contributed by atoms with van der Waals surface area (Å²) in [6, 6.07) is 12.5. The van der Waals surface area contributed by atoms with Crippen LogP contribution in [0.3, 0.4) is 0 Å². The molecular weight excluding hydrogens is 517 g/mol. The molecule has 0 spiro atoms. The van der Waals surface area contributed by atoms with Gasteiger partial charge >= 0.3 is 12.3 Å². The number of nitrogens with zero attached hydrogens (tertiary/aromatic N) is 2. The van der Waals surface area contributed by atoms with E-state index in [0.717, 1.165) is 33.0 Å². The molecule has 0 saturated heterocycles. The van der Waals surface area contributed by atoms with Gasteiger partial charge in [-0.25, -0.2) is 22.2 Å². The molecule has 0 aliphatic rings. The Morgan fingerprint density at radius 3 is 2.44 bits per heavy atom. The molecule has 1 aromatic carbocycles. The van der Waals surface area contributed by atoms with Crippen molar-refractivity contribution < 1.29 is 36.2 Å². The maximum absolute atomic E-state index is 13.8. The lowest BCUT2D eigenvalue weighted by molar-refractivity contribution is -0.140. The Labute approximate surface area is 208 Å². The van der Waals surface area contributed by atoms with Crippen LogP contribution in [0.25, 0.3) is 11.0 Å². The fourth-order valence-corrected chi connectivity index (χ4v) is 6.12. The normalized spacial score (nSPS) is 12.7. The van der Waals surface area contributed by atoms with Crippen molar-refractivity contribution in [3.05, 3.63) is 76.4 Å². The van der Waals surface area contributed by atoms with Gasteiger partial charge in [0.1, 0.15) is 5.69 Å². The number of ether oxygens (including phenoxy) is 1. The summed E-state index contributed by atoms with van der Waals surface area (Å²) in [4.78, 5) is 15.0. The first kappa shape index (κ1) is 25.7. The fourth-order valence-electron chi connectivity index (χ4n) is 3.68. The minimum Gasteiger partial charge on any atom is -0.449 e. The van der Waals surface area contributed by atoms with Gasteiger partial charge in [-0.15, -0.1) is 11.3 Å². The largest absolute Gasteiger partial charge is 0.512 e. The molecule has 12 heteroatoms. The minimum absolute atomic E-state index is 0.00210. The molecule has 4 aromatic rings. The van der Waals surface area contributed by atoms with Gasteiger partial charge in [0.2, 0.25) is 0 Å². The summed E-state index contributed by atoms with van der Waals surface area (Å²) in [5.41, 5.74) is -0.673. The number of benzene rings is 1. The molecule has 4 rings (SSSR count). The molecule has 0 aliphatic carbocycles. The number of hydrogen-bond donors (Lipinski definition) is 1. The van der Waals surface area contributed by atoms with Gasteiger partial charge < -0.3 is 9.84 Å². The van der Waals surface area contributed by atoms with Crippen molar-refractivity contribution in [1.82, 2.24) is 8.96 Å². The third kappa shape index (κ3) is 5.09. The molecule has 36 heavy (non-hydrogen) atoms. The highest BCUT2D eigenvalue weighted by molar-refractivity contribution is 7.90. The van der Waals surface area contributed by atoms with Crippen molar-refractivity contribution in [1.29, 1.82) is 0 Å². The van der Waals surface area contributed by atoms with Crippen LogP contribution in [-0.2, 0) is 28.0 Å². The number of hydrogen-bond acceptors (Lipinski definition) is 6. The molecule has 0 saturated carbocycles. The lowest BCUT2D eigenvalue weighted by Gasteiger charge is -2.20. The van der Waals surface area contributed by atoms with Crippen LogP contribution in [0.4, 0.5) is 18.0 Å². The van der Waals surface area contributed by atoms with Crippen LogP contribution in [-0.4, -0.2) is 28.6 Å². The first-order valence-corrected chi connectivity index (χ1v) is 12.9. The maximum atomic E-state index is 13.8. The van der Waals surface area contributed by atoms with E-state index in [4.69, 9.17) is 5.11 Å². The summed E-state index contributed by atoms with van der Waals surface area (Å²) in [7, 11) is -4.24. The molecule has 0 bridgehead atoms. The average Bonchev–Trinajstić information content (AvgIpc) is 3.35. The van der Waals surface area contributed by atoms with Crippen LogP contribution in [0.5, 0.6) is 5.06 Å². The van der Waals surface area contributed by atoms with Gasteiger partial charge in [0.25, 0.3) is 10.0 Å². The second-order valence-corrected chi connectivity index (χ2v) is 12.0. The number of carbonyl (C=O) groups is 1. The molecule has 1 N–H and O–H groups in total. The molecule has 0 unspecified atom stereocenters. The zero-order valence-corrected chi connectivity index (χ0v) is 21.0. The van der Waals surface area contributed by atoms with Crippen molar-refractivity contribution in [3.8, 4) is 5.06 Å². The van der Waals surface area contributed by atoms with E-state index in [1.165, 1.54) is 18.2 Å². The predicted octanol–water partition coefficient (Wildman–Crippen LogP) is 6.30.